The molecule has 2 unspecified atom stereocenters. The van der Waals surface area contributed by atoms with Crippen molar-refractivity contribution in [2.75, 3.05) is 12.3 Å². The van der Waals surface area contributed by atoms with Crippen LogP contribution in [0.4, 0.5) is 11.4 Å². The Kier molecular flexibility index (Phi) is 4.19. The van der Waals surface area contributed by atoms with E-state index in [9.17, 15) is 14.9 Å². The van der Waals surface area contributed by atoms with Crippen LogP contribution in [0.25, 0.3) is 0 Å². The summed E-state index contributed by atoms with van der Waals surface area (Å²) in [5, 5.41) is 17.0. The molecular formula is C13H18N4O3. The molecule has 0 bridgehead atoms. The Morgan fingerprint density at radius 2 is 2.30 bits per heavy atom. The third kappa shape index (κ3) is 3.24. The largest absolute Gasteiger partial charge is 0.393 e. The first kappa shape index (κ1) is 14.3. The maximum atomic E-state index is 12.1. The minimum atomic E-state index is -0.585. The number of carbonyl (C=O) groups excluding carboxylic acids is 1. The average Bonchev–Trinajstić information content (AvgIpc) is 2.38. The summed E-state index contributed by atoms with van der Waals surface area (Å²) < 4.78 is 0. The Labute approximate surface area is 116 Å². The van der Waals surface area contributed by atoms with Gasteiger partial charge in [0, 0.05) is 23.7 Å². The van der Waals surface area contributed by atoms with Crippen LogP contribution in [-0.4, -0.2) is 29.5 Å². The van der Waals surface area contributed by atoms with E-state index in [0.717, 1.165) is 19.4 Å². The molecule has 0 radical (unpaired) electrons. The fourth-order valence-electron chi connectivity index (χ4n) is 2.37. The molecule has 1 heterocycles. The Morgan fingerprint density at radius 3 is 2.95 bits per heavy atom. The van der Waals surface area contributed by atoms with Crippen molar-refractivity contribution in [2.24, 2.45) is 0 Å². The monoisotopic (exact) mass is 278 g/mol. The molecule has 1 fully saturated rings. The quantitative estimate of drug-likeness (QED) is 0.435. The van der Waals surface area contributed by atoms with Crippen molar-refractivity contribution in [2.45, 2.75) is 31.8 Å². The van der Waals surface area contributed by atoms with Crippen LogP contribution in [0.5, 0.6) is 0 Å². The molecule has 0 aromatic heterocycles. The second-order valence-corrected chi connectivity index (χ2v) is 5.08. The Bertz CT molecular complexity index is 532. The van der Waals surface area contributed by atoms with E-state index < -0.39 is 4.92 Å². The van der Waals surface area contributed by atoms with Crippen molar-refractivity contribution < 1.29 is 9.72 Å². The van der Waals surface area contributed by atoms with Crippen LogP contribution in [0.3, 0.4) is 0 Å². The van der Waals surface area contributed by atoms with Crippen LogP contribution in [-0.2, 0) is 0 Å². The maximum Gasteiger partial charge on any atom is 0.292 e. The van der Waals surface area contributed by atoms with Crippen LogP contribution >= 0.6 is 0 Å². The average molecular weight is 278 g/mol. The van der Waals surface area contributed by atoms with Crippen LogP contribution in [0.1, 0.15) is 30.1 Å². The second kappa shape index (κ2) is 5.87. The second-order valence-electron chi connectivity index (χ2n) is 5.08. The molecule has 1 amide bonds. The molecule has 2 atom stereocenters. The summed E-state index contributed by atoms with van der Waals surface area (Å²) in [5.74, 6) is -0.299. The number of hydrogen-bond donors (Lipinski definition) is 3. The van der Waals surface area contributed by atoms with E-state index in [-0.39, 0.29) is 28.9 Å². The maximum absolute atomic E-state index is 12.1. The molecule has 1 saturated heterocycles. The molecule has 7 heteroatoms. The topological polar surface area (TPSA) is 110 Å². The molecule has 20 heavy (non-hydrogen) atoms. The van der Waals surface area contributed by atoms with E-state index >= 15 is 0 Å². The molecular weight excluding hydrogens is 260 g/mol. The van der Waals surface area contributed by atoms with Gasteiger partial charge in [-0.3, -0.25) is 14.9 Å². The molecule has 0 saturated carbocycles. The van der Waals surface area contributed by atoms with Gasteiger partial charge < -0.3 is 16.4 Å². The lowest BCUT2D eigenvalue weighted by Crippen LogP contribution is -2.46. The zero-order valence-electron chi connectivity index (χ0n) is 11.3. The molecule has 1 aromatic rings. The Hall–Kier alpha value is -2.15. The first-order valence-electron chi connectivity index (χ1n) is 6.55. The molecule has 1 aliphatic rings. The SMILES string of the molecule is CC1CC(NC(=O)c2ccc(N)c([N+](=O)[O-])c2)CCN1. The van der Waals surface area contributed by atoms with Gasteiger partial charge in [0.25, 0.3) is 11.6 Å². The zero-order valence-corrected chi connectivity index (χ0v) is 11.3. The lowest BCUT2D eigenvalue weighted by Gasteiger charge is -2.28. The summed E-state index contributed by atoms with van der Waals surface area (Å²) in [7, 11) is 0. The Balaban J connectivity index is 2.09. The number of carbonyl (C=O) groups is 1. The number of benzene rings is 1. The van der Waals surface area contributed by atoms with Crippen LogP contribution in [0.2, 0.25) is 0 Å². The van der Waals surface area contributed by atoms with Crippen molar-refractivity contribution in [3.8, 4) is 0 Å². The molecule has 4 N–H and O–H groups in total. The number of amides is 1. The lowest BCUT2D eigenvalue weighted by atomic mass is 10.00. The summed E-state index contributed by atoms with van der Waals surface area (Å²) >= 11 is 0. The van der Waals surface area contributed by atoms with Gasteiger partial charge in [0.2, 0.25) is 0 Å². The van der Waals surface area contributed by atoms with Gasteiger partial charge in [0.15, 0.2) is 0 Å². The van der Waals surface area contributed by atoms with Crippen molar-refractivity contribution >= 4 is 17.3 Å². The minimum absolute atomic E-state index is 0.0574. The summed E-state index contributed by atoms with van der Waals surface area (Å²) in [6, 6.07) is 4.56. The van der Waals surface area contributed by atoms with Gasteiger partial charge in [-0.2, -0.15) is 0 Å². The molecule has 0 aliphatic carbocycles. The highest BCUT2D eigenvalue weighted by Crippen LogP contribution is 2.22. The number of nitrogen functional groups attached to an aromatic ring is 1. The van der Waals surface area contributed by atoms with Crippen LogP contribution < -0.4 is 16.4 Å². The van der Waals surface area contributed by atoms with Crippen molar-refractivity contribution in [3.63, 3.8) is 0 Å². The van der Waals surface area contributed by atoms with Crippen molar-refractivity contribution in [1.82, 2.24) is 10.6 Å². The third-order valence-electron chi connectivity index (χ3n) is 3.45. The molecule has 108 valence electrons. The smallest absolute Gasteiger partial charge is 0.292 e. The van der Waals surface area contributed by atoms with Gasteiger partial charge in [0.05, 0.1) is 4.92 Å². The van der Waals surface area contributed by atoms with Gasteiger partial charge in [-0.25, -0.2) is 0 Å². The first-order chi connectivity index (χ1) is 9.47. The number of nitro groups is 1. The predicted octanol–water partition coefficient (Wildman–Crippen LogP) is 1.05. The molecule has 7 nitrogen and oxygen atoms in total. The normalized spacial score (nSPS) is 22.2. The number of nitrogens with two attached hydrogens (primary N) is 1. The van der Waals surface area contributed by atoms with Gasteiger partial charge in [-0.05, 0) is 38.4 Å². The molecule has 2 rings (SSSR count). The molecule has 0 spiro atoms. The van der Waals surface area contributed by atoms with E-state index in [1.807, 2.05) is 0 Å². The number of hydrogen-bond acceptors (Lipinski definition) is 5. The van der Waals surface area contributed by atoms with Crippen molar-refractivity contribution in [3.05, 3.63) is 33.9 Å². The van der Waals surface area contributed by atoms with Gasteiger partial charge >= 0.3 is 0 Å². The highest BCUT2D eigenvalue weighted by Gasteiger charge is 2.22. The van der Waals surface area contributed by atoms with Gasteiger partial charge in [-0.1, -0.05) is 0 Å². The number of nitrogens with one attached hydrogen (secondary N) is 2. The summed E-state index contributed by atoms with van der Waals surface area (Å²) in [6.07, 6.45) is 1.70. The van der Waals surface area contributed by atoms with Crippen LogP contribution in [0, 0.1) is 10.1 Å². The fraction of sp³-hybridized carbons (Fsp3) is 0.462. The lowest BCUT2D eigenvalue weighted by molar-refractivity contribution is -0.383. The highest BCUT2D eigenvalue weighted by atomic mass is 16.6. The summed E-state index contributed by atoms with van der Waals surface area (Å²) in [4.78, 5) is 22.3. The zero-order chi connectivity index (χ0) is 14.7. The van der Waals surface area contributed by atoms with Crippen LogP contribution in [0.15, 0.2) is 18.2 Å². The van der Waals surface area contributed by atoms with E-state index in [1.165, 1.54) is 18.2 Å². The number of piperidine rings is 1. The highest BCUT2D eigenvalue weighted by molar-refractivity contribution is 5.95. The summed E-state index contributed by atoms with van der Waals surface area (Å²) in [6.45, 7) is 2.92. The Morgan fingerprint density at radius 1 is 1.55 bits per heavy atom. The number of anilines is 1. The van der Waals surface area contributed by atoms with E-state index in [4.69, 9.17) is 5.73 Å². The van der Waals surface area contributed by atoms with E-state index in [0.29, 0.717) is 6.04 Å². The van der Waals surface area contributed by atoms with E-state index in [1.54, 1.807) is 0 Å². The van der Waals surface area contributed by atoms with Gasteiger partial charge in [-0.15, -0.1) is 0 Å². The van der Waals surface area contributed by atoms with E-state index in [2.05, 4.69) is 17.6 Å². The minimum Gasteiger partial charge on any atom is -0.393 e. The van der Waals surface area contributed by atoms with Crippen molar-refractivity contribution in [1.29, 1.82) is 0 Å². The fourth-order valence-corrected chi connectivity index (χ4v) is 2.37. The first-order valence-corrected chi connectivity index (χ1v) is 6.55. The molecule has 1 aliphatic heterocycles. The predicted molar refractivity (Wildman–Crippen MR) is 75.5 cm³/mol. The summed E-state index contributed by atoms with van der Waals surface area (Å²) in [5.41, 5.74) is 5.59. The third-order valence-corrected chi connectivity index (χ3v) is 3.45. The van der Waals surface area contributed by atoms with Gasteiger partial charge in [0.1, 0.15) is 5.69 Å². The number of nitrogens with zero attached hydrogens (tertiary/aromatic N) is 1. The standard InChI is InChI=1S/C13H18N4O3/c1-8-6-10(4-5-15-8)16-13(18)9-2-3-11(14)12(7-9)17(19)20/h2-3,7-8,10,15H,4-6,14H2,1H3,(H,16,18). The molecule has 1 aromatic carbocycles. The number of nitro benzene ring substituents is 1. The number of rotatable bonds is 3.